The average Bonchev–Trinajstić information content (AvgIpc) is 3.56. The normalized spacial score (nSPS) is 18.2. The highest BCUT2D eigenvalue weighted by atomic mass is 32.2. The summed E-state index contributed by atoms with van der Waals surface area (Å²) < 4.78 is 25.1. The number of Topliss-reactive ketones (excluding diaryl/α,β-unsaturated/α-hetero) is 1. The number of carboxylic acids is 1. The van der Waals surface area contributed by atoms with Crippen LogP contribution in [-0.2, 0) is 30.6 Å². The molecule has 1 saturated heterocycles. The van der Waals surface area contributed by atoms with E-state index in [0.717, 1.165) is 16.8 Å². The fourth-order valence-corrected chi connectivity index (χ4v) is 6.91. The number of likely N-dealkylation sites (N-methyl/N-ethyl adjacent to an activating group) is 1. The molecule has 1 aliphatic heterocycles. The Balaban J connectivity index is 1.31. The number of amides is 1. The van der Waals surface area contributed by atoms with Crippen LogP contribution in [0.5, 0.6) is 0 Å². The summed E-state index contributed by atoms with van der Waals surface area (Å²) in [5.41, 5.74) is 6.34. The van der Waals surface area contributed by atoms with E-state index in [1.807, 2.05) is 23.2 Å². The number of nitrogens with one attached hydrogen (secondary N) is 3. The van der Waals surface area contributed by atoms with Gasteiger partial charge in [0.1, 0.15) is 11.8 Å². The van der Waals surface area contributed by atoms with Crippen LogP contribution in [0.2, 0.25) is 0 Å². The van der Waals surface area contributed by atoms with E-state index >= 15 is 0 Å². The van der Waals surface area contributed by atoms with Crippen molar-refractivity contribution in [2.75, 3.05) is 25.9 Å². The summed E-state index contributed by atoms with van der Waals surface area (Å²) in [6.07, 6.45) is 4.98. The largest absolute Gasteiger partial charge is 0.481 e. The molecule has 3 aromatic rings. The van der Waals surface area contributed by atoms with Crippen LogP contribution in [0.1, 0.15) is 37.7 Å². The Morgan fingerprint density at radius 1 is 1.09 bits per heavy atom. The van der Waals surface area contributed by atoms with E-state index in [4.69, 9.17) is 0 Å². The number of H-pyrrole nitrogens is 1. The molecule has 4 N–H and O–H groups in total. The fourth-order valence-electron chi connectivity index (χ4n) is 5.55. The predicted molar refractivity (Wildman–Crippen MR) is 161 cm³/mol. The van der Waals surface area contributed by atoms with Gasteiger partial charge in [0.15, 0.2) is 9.84 Å². The van der Waals surface area contributed by atoms with Crippen molar-refractivity contribution in [1.82, 2.24) is 25.7 Å². The van der Waals surface area contributed by atoms with E-state index in [1.54, 1.807) is 30.7 Å². The summed E-state index contributed by atoms with van der Waals surface area (Å²) in [7, 11) is -1.99. The second-order valence-electron chi connectivity index (χ2n) is 10.8. The second-order valence-corrected chi connectivity index (χ2v) is 12.9. The minimum absolute atomic E-state index is 0.000198. The highest BCUT2D eigenvalue weighted by Crippen LogP contribution is 2.25. The van der Waals surface area contributed by atoms with Crippen molar-refractivity contribution in [3.63, 3.8) is 0 Å². The van der Waals surface area contributed by atoms with Gasteiger partial charge in [0, 0.05) is 38.0 Å². The van der Waals surface area contributed by atoms with E-state index in [1.165, 1.54) is 19.2 Å². The van der Waals surface area contributed by atoms with Gasteiger partial charge in [-0.1, -0.05) is 42.5 Å². The smallest absolute Gasteiger partial charge is 0.306 e. The number of imidazole rings is 1. The van der Waals surface area contributed by atoms with E-state index in [9.17, 15) is 27.9 Å². The number of aromatic nitrogens is 2. The molecular weight excluding hydrogens is 570 g/mol. The van der Waals surface area contributed by atoms with Gasteiger partial charge in [-0.05, 0) is 49.8 Å². The Morgan fingerprint density at radius 2 is 1.84 bits per heavy atom. The van der Waals surface area contributed by atoms with Gasteiger partial charge in [-0.15, -0.1) is 0 Å². The molecule has 1 amide bonds. The van der Waals surface area contributed by atoms with Gasteiger partial charge in [-0.3, -0.25) is 14.4 Å². The van der Waals surface area contributed by atoms with Crippen molar-refractivity contribution in [2.24, 2.45) is 11.8 Å². The second kappa shape index (κ2) is 15.0. The van der Waals surface area contributed by atoms with Gasteiger partial charge in [-0.2, -0.15) is 0 Å². The number of aliphatic carboxylic acids is 1. The number of aromatic amines is 1. The van der Waals surface area contributed by atoms with Gasteiger partial charge >= 0.3 is 5.97 Å². The molecule has 3 atom stereocenters. The number of hydrogen-bond donors (Lipinski definition) is 4. The first-order valence-electron chi connectivity index (χ1n) is 14.5. The van der Waals surface area contributed by atoms with Gasteiger partial charge in [0.25, 0.3) is 0 Å². The summed E-state index contributed by atoms with van der Waals surface area (Å²) in [4.78, 5) is 45.5. The molecule has 2 aromatic carbocycles. The molecular formula is C31H39N5O6S. The fraction of sp³-hybridized carbons (Fsp3) is 0.419. The number of sulfone groups is 1. The monoisotopic (exact) mass is 609 g/mol. The number of ketones is 1. The lowest BCUT2D eigenvalue weighted by Crippen LogP contribution is -2.61. The first-order valence-corrected chi connectivity index (χ1v) is 16.2. The molecule has 0 radical (unpaired) electrons. The molecule has 0 bridgehead atoms. The van der Waals surface area contributed by atoms with Crippen molar-refractivity contribution >= 4 is 27.5 Å². The van der Waals surface area contributed by atoms with Crippen LogP contribution in [0.25, 0.3) is 11.3 Å². The minimum Gasteiger partial charge on any atom is -0.481 e. The summed E-state index contributed by atoms with van der Waals surface area (Å²) in [6.45, 7) is 1.17. The third-order valence-electron chi connectivity index (χ3n) is 7.99. The van der Waals surface area contributed by atoms with E-state index in [2.05, 4.69) is 26.8 Å². The van der Waals surface area contributed by atoms with E-state index in [0.29, 0.717) is 25.9 Å². The van der Waals surface area contributed by atoms with E-state index in [-0.39, 0.29) is 48.0 Å². The van der Waals surface area contributed by atoms with Gasteiger partial charge in [0.05, 0.1) is 34.8 Å². The maximum absolute atomic E-state index is 13.3. The maximum atomic E-state index is 13.3. The Bertz CT molecular complexity index is 1480. The van der Waals surface area contributed by atoms with Crippen LogP contribution in [0.4, 0.5) is 0 Å². The number of carbonyl (C=O) groups is 3. The highest BCUT2D eigenvalue weighted by molar-refractivity contribution is 7.91. The first kappa shape index (κ1) is 32.1. The van der Waals surface area contributed by atoms with Crippen molar-refractivity contribution in [3.05, 3.63) is 72.7 Å². The van der Waals surface area contributed by atoms with Crippen molar-refractivity contribution < 1.29 is 27.9 Å². The van der Waals surface area contributed by atoms with Gasteiger partial charge < -0.3 is 15.4 Å². The molecule has 230 valence electrons. The van der Waals surface area contributed by atoms with Crippen LogP contribution in [0, 0.1) is 11.8 Å². The number of benzene rings is 2. The zero-order valence-electron chi connectivity index (χ0n) is 24.2. The quantitative estimate of drug-likeness (QED) is 0.203. The minimum atomic E-state index is -3.51. The predicted octanol–water partition coefficient (Wildman–Crippen LogP) is 2.86. The molecule has 4 rings (SSSR count). The molecule has 1 fully saturated rings. The molecule has 0 saturated carbocycles. The molecule has 0 aliphatic carbocycles. The topological polar surface area (TPSA) is 162 Å². The van der Waals surface area contributed by atoms with Crippen LogP contribution in [0.3, 0.4) is 0 Å². The Kier molecular flexibility index (Phi) is 11.2. The average molecular weight is 610 g/mol. The van der Waals surface area contributed by atoms with Crippen LogP contribution < -0.4 is 10.7 Å². The van der Waals surface area contributed by atoms with Crippen LogP contribution in [0.15, 0.2) is 72.0 Å². The lowest BCUT2D eigenvalue weighted by Gasteiger charge is -2.38. The molecule has 1 aromatic heterocycles. The third kappa shape index (κ3) is 8.59. The van der Waals surface area contributed by atoms with Gasteiger partial charge in [0.2, 0.25) is 5.91 Å². The molecule has 2 heterocycles. The number of hydrazine groups is 1. The molecule has 0 unspecified atom stereocenters. The Hall–Kier alpha value is -3.87. The lowest BCUT2D eigenvalue weighted by molar-refractivity contribution is -0.143. The van der Waals surface area contributed by atoms with Crippen molar-refractivity contribution in [2.45, 2.75) is 49.5 Å². The zero-order chi connectivity index (χ0) is 30.8. The maximum Gasteiger partial charge on any atom is 0.306 e. The lowest BCUT2D eigenvalue weighted by atomic mass is 9.85. The zero-order valence-corrected chi connectivity index (χ0v) is 25.1. The molecule has 1 aliphatic rings. The number of carbonyl (C=O) groups excluding carboxylic acids is 2. The molecule has 0 spiro atoms. The van der Waals surface area contributed by atoms with Crippen molar-refractivity contribution in [1.29, 1.82) is 0 Å². The molecule has 12 heteroatoms. The molecule has 11 nitrogen and oxygen atoms in total. The standard InChI is InChI=1S/C31H39N5O6S/c1-32-30(38)29-26(16-18-36(35-29)17-15-22-8-5-6-12-25(22)27-20-33-21-34-27)28(37)14-13-23(31(39)40)9-7-19-43(41,42)24-10-3-2-4-11-24/h2-6,8,10-12,20-21,23,26,29,35H,7,9,13-19H2,1H3,(H,32,38)(H,33,34)(H,39,40)/t23-,26+,29+/m1/s1. The third-order valence-corrected chi connectivity index (χ3v) is 9.81. The van der Waals surface area contributed by atoms with E-state index < -0.39 is 33.7 Å². The first-order chi connectivity index (χ1) is 20.7. The van der Waals surface area contributed by atoms with Crippen LogP contribution >= 0.6 is 0 Å². The Labute approximate surface area is 252 Å². The van der Waals surface area contributed by atoms with Crippen molar-refractivity contribution in [3.8, 4) is 11.3 Å². The summed E-state index contributed by atoms with van der Waals surface area (Å²) in [5.74, 6) is -3.15. The Morgan fingerprint density at radius 3 is 2.53 bits per heavy atom. The summed E-state index contributed by atoms with van der Waals surface area (Å²) >= 11 is 0. The number of nitrogens with zero attached hydrogens (tertiary/aromatic N) is 2. The number of rotatable bonds is 15. The highest BCUT2D eigenvalue weighted by Gasteiger charge is 2.38. The SMILES string of the molecule is CNC(=O)[C@H]1NN(CCc2ccccc2-c2cnc[nH]2)CC[C@H]1C(=O)CC[C@@H](CCCS(=O)(=O)c1ccccc1)C(=O)O. The summed E-state index contributed by atoms with van der Waals surface area (Å²) in [6, 6.07) is 15.3. The van der Waals surface area contributed by atoms with Crippen LogP contribution in [-0.4, -0.2) is 78.1 Å². The number of carboxylic acid groups (broad SMARTS) is 1. The van der Waals surface area contributed by atoms with Gasteiger partial charge in [-0.25, -0.2) is 23.8 Å². The molecule has 43 heavy (non-hydrogen) atoms. The summed E-state index contributed by atoms with van der Waals surface area (Å²) in [5, 5.41) is 14.3. The number of hydrogen-bond acceptors (Lipinski definition) is 8.